The fraction of sp³-hybridized carbons (Fsp3) is 0.360. The number of hydrogen-bond acceptors (Lipinski definition) is 10. The molecule has 0 fully saturated rings. The smallest absolute Gasteiger partial charge is 0.260 e. The second kappa shape index (κ2) is 9.52. The lowest BCUT2D eigenvalue weighted by atomic mass is 9.87. The highest BCUT2D eigenvalue weighted by Crippen LogP contribution is 2.51. The lowest BCUT2D eigenvalue weighted by Crippen LogP contribution is -2.37. The van der Waals surface area contributed by atoms with Crippen LogP contribution >= 0.6 is 12.2 Å². The molecule has 1 atom stereocenters. The second-order valence-corrected chi connectivity index (χ2v) is 8.95. The summed E-state index contributed by atoms with van der Waals surface area (Å²) in [7, 11) is 7.89. The van der Waals surface area contributed by atoms with Gasteiger partial charge in [0.05, 0.1) is 45.7 Å². The maximum Gasteiger partial charge on any atom is 0.260 e. The molecule has 0 saturated carbocycles. The summed E-state index contributed by atoms with van der Waals surface area (Å²) in [5.74, 6) is 2.29. The molecule has 0 unspecified atom stereocenters. The Morgan fingerprint density at radius 3 is 2.30 bits per heavy atom. The third-order valence-corrected chi connectivity index (χ3v) is 6.98. The van der Waals surface area contributed by atoms with Crippen LogP contribution in [0.3, 0.4) is 0 Å². The Morgan fingerprint density at radius 2 is 1.68 bits per heavy atom. The van der Waals surface area contributed by atoms with Crippen molar-refractivity contribution in [1.82, 2.24) is 14.5 Å². The third kappa shape index (κ3) is 3.83. The van der Waals surface area contributed by atoms with E-state index in [0.717, 1.165) is 11.1 Å². The number of ether oxygens (including phenoxy) is 6. The van der Waals surface area contributed by atoms with Crippen LogP contribution < -0.4 is 34.0 Å². The predicted octanol–water partition coefficient (Wildman–Crippen LogP) is 2.94. The van der Waals surface area contributed by atoms with E-state index < -0.39 is 11.6 Å². The highest BCUT2D eigenvalue weighted by Gasteiger charge is 2.38. The van der Waals surface area contributed by atoms with Crippen LogP contribution in [0.4, 0.5) is 0 Å². The fourth-order valence-electron chi connectivity index (χ4n) is 5.02. The standard InChI is InChI=1S/C25H27N3O8S/c1-27-7-6-12-8-16-21(36-11-35-16)22(34-5)17(12)19(27)18-23(29)26-25(37)28(24(18)30)13-9-14(31-2)20(33-4)15(10-13)32-3/h8-10,19,30H,6-7,11H2,1-5H3,(H,26,29,37)/t19-/m1/s1. The summed E-state index contributed by atoms with van der Waals surface area (Å²) >= 11 is 5.47. The molecule has 5 rings (SSSR count). The van der Waals surface area contributed by atoms with E-state index in [4.69, 9.17) is 40.6 Å². The van der Waals surface area contributed by atoms with E-state index in [0.29, 0.717) is 53.2 Å². The average Bonchev–Trinajstić information content (AvgIpc) is 3.36. The van der Waals surface area contributed by atoms with Gasteiger partial charge in [0.2, 0.25) is 24.2 Å². The maximum absolute atomic E-state index is 13.4. The zero-order chi connectivity index (χ0) is 26.4. The van der Waals surface area contributed by atoms with E-state index in [1.807, 2.05) is 18.0 Å². The number of methoxy groups -OCH3 is 4. The molecule has 1 aromatic heterocycles. The molecular weight excluding hydrogens is 502 g/mol. The van der Waals surface area contributed by atoms with Crippen molar-refractivity contribution in [1.29, 1.82) is 0 Å². The molecule has 0 aliphatic carbocycles. The Balaban J connectivity index is 1.78. The van der Waals surface area contributed by atoms with E-state index in [-0.39, 0.29) is 23.0 Å². The van der Waals surface area contributed by atoms with E-state index >= 15 is 0 Å². The molecule has 2 aliphatic rings. The number of aromatic amines is 1. The zero-order valence-corrected chi connectivity index (χ0v) is 21.9. The van der Waals surface area contributed by atoms with Gasteiger partial charge in [0.1, 0.15) is 0 Å². The first kappa shape index (κ1) is 24.8. The third-order valence-electron chi connectivity index (χ3n) is 6.70. The van der Waals surface area contributed by atoms with Gasteiger partial charge in [-0.25, -0.2) is 0 Å². The van der Waals surface area contributed by atoms with Crippen LogP contribution in [0.1, 0.15) is 22.7 Å². The lowest BCUT2D eigenvalue weighted by Gasteiger charge is -2.36. The van der Waals surface area contributed by atoms with Gasteiger partial charge in [-0.2, -0.15) is 0 Å². The Bertz CT molecular complexity index is 1470. The summed E-state index contributed by atoms with van der Waals surface area (Å²) in [6.45, 7) is 0.700. The van der Waals surface area contributed by atoms with Gasteiger partial charge in [-0.05, 0) is 37.3 Å². The summed E-state index contributed by atoms with van der Waals surface area (Å²) in [5, 5.41) is 11.7. The van der Waals surface area contributed by atoms with E-state index in [1.54, 1.807) is 12.1 Å². The Labute approximate surface area is 217 Å². The SMILES string of the molecule is COc1cc(-n2c(O)c([C@H]3c4c(cc5c(c4OC)OCO5)CCN3C)c(=O)[nH]c2=S)cc(OC)c1OC. The first-order valence-corrected chi connectivity index (χ1v) is 11.8. The largest absolute Gasteiger partial charge is 0.494 e. The maximum atomic E-state index is 13.4. The van der Waals surface area contributed by atoms with Crippen molar-refractivity contribution in [3.05, 3.63) is 50.0 Å². The molecule has 0 radical (unpaired) electrons. The summed E-state index contributed by atoms with van der Waals surface area (Å²) in [6, 6.07) is 4.51. The average molecular weight is 530 g/mol. The van der Waals surface area contributed by atoms with Gasteiger partial charge in [-0.3, -0.25) is 19.2 Å². The van der Waals surface area contributed by atoms with Crippen molar-refractivity contribution in [2.24, 2.45) is 0 Å². The van der Waals surface area contributed by atoms with Gasteiger partial charge in [-0.1, -0.05) is 0 Å². The number of nitrogens with zero attached hydrogens (tertiary/aromatic N) is 2. The molecule has 2 aromatic carbocycles. The van der Waals surface area contributed by atoms with Crippen LogP contribution in [0.25, 0.3) is 5.69 Å². The van der Waals surface area contributed by atoms with Gasteiger partial charge in [0, 0.05) is 24.2 Å². The van der Waals surface area contributed by atoms with E-state index in [1.165, 1.54) is 33.0 Å². The highest BCUT2D eigenvalue weighted by atomic mass is 32.1. The summed E-state index contributed by atoms with van der Waals surface area (Å²) in [5.41, 5.74) is 1.64. The molecule has 2 aliphatic heterocycles. The molecule has 12 heteroatoms. The Hall–Kier alpha value is -3.90. The minimum atomic E-state index is -0.666. The molecule has 2 N–H and O–H groups in total. The Morgan fingerprint density at radius 1 is 1.00 bits per heavy atom. The van der Waals surface area contributed by atoms with Crippen LogP contribution in [-0.4, -0.2) is 68.4 Å². The van der Waals surface area contributed by atoms with Crippen molar-refractivity contribution in [3.8, 4) is 46.1 Å². The molecule has 0 saturated heterocycles. The van der Waals surface area contributed by atoms with Crippen molar-refractivity contribution < 1.29 is 33.5 Å². The van der Waals surface area contributed by atoms with Crippen molar-refractivity contribution >= 4 is 12.2 Å². The predicted molar refractivity (Wildman–Crippen MR) is 136 cm³/mol. The first-order chi connectivity index (χ1) is 17.8. The quantitative estimate of drug-likeness (QED) is 0.462. The molecule has 3 aromatic rings. The van der Waals surface area contributed by atoms with Crippen LogP contribution in [0.5, 0.6) is 40.4 Å². The van der Waals surface area contributed by atoms with Crippen molar-refractivity contribution in [2.45, 2.75) is 12.5 Å². The van der Waals surface area contributed by atoms with E-state index in [2.05, 4.69) is 4.98 Å². The number of benzene rings is 2. The van der Waals surface area contributed by atoms with Crippen LogP contribution in [-0.2, 0) is 6.42 Å². The topological polar surface area (TPSA) is 117 Å². The number of fused-ring (bicyclic) bond motifs is 2. The molecule has 196 valence electrons. The van der Waals surface area contributed by atoms with Crippen molar-refractivity contribution in [2.75, 3.05) is 48.8 Å². The van der Waals surface area contributed by atoms with E-state index in [9.17, 15) is 9.90 Å². The monoisotopic (exact) mass is 529 g/mol. The van der Waals surface area contributed by atoms with Crippen LogP contribution in [0.2, 0.25) is 0 Å². The Kier molecular flexibility index (Phi) is 6.38. The highest BCUT2D eigenvalue weighted by molar-refractivity contribution is 7.71. The zero-order valence-electron chi connectivity index (χ0n) is 21.0. The first-order valence-electron chi connectivity index (χ1n) is 11.4. The number of aromatic nitrogens is 2. The number of aromatic hydroxyl groups is 1. The number of rotatable bonds is 6. The number of likely N-dealkylation sites (N-methyl/N-ethyl adjacent to an activating group) is 1. The fourth-order valence-corrected chi connectivity index (χ4v) is 5.30. The van der Waals surface area contributed by atoms with Gasteiger partial charge >= 0.3 is 0 Å². The molecule has 0 amide bonds. The molecule has 3 heterocycles. The van der Waals surface area contributed by atoms with Crippen LogP contribution in [0.15, 0.2) is 23.0 Å². The summed E-state index contributed by atoms with van der Waals surface area (Å²) < 4.78 is 34.7. The summed E-state index contributed by atoms with van der Waals surface area (Å²) in [4.78, 5) is 18.1. The number of H-pyrrole nitrogens is 1. The summed E-state index contributed by atoms with van der Waals surface area (Å²) in [6.07, 6.45) is 0.694. The molecule has 11 nitrogen and oxygen atoms in total. The molecular formula is C25H27N3O8S. The number of nitrogens with one attached hydrogen (secondary N) is 1. The van der Waals surface area contributed by atoms with Gasteiger partial charge in [0.15, 0.2) is 27.8 Å². The van der Waals surface area contributed by atoms with Gasteiger partial charge < -0.3 is 33.5 Å². The van der Waals surface area contributed by atoms with Gasteiger partial charge in [-0.15, -0.1) is 0 Å². The molecule has 0 spiro atoms. The number of hydrogen-bond donors (Lipinski definition) is 2. The lowest BCUT2D eigenvalue weighted by molar-refractivity contribution is 0.170. The minimum absolute atomic E-state index is 0.00291. The minimum Gasteiger partial charge on any atom is -0.494 e. The molecule has 0 bridgehead atoms. The van der Waals surface area contributed by atoms with Crippen LogP contribution in [0, 0.1) is 4.77 Å². The second-order valence-electron chi connectivity index (χ2n) is 8.57. The van der Waals surface area contributed by atoms with Gasteiger partial charge in [0.25, 0.3) is 5.56 Å². The molecule has 37 heavy (non-hydrogen) atoms. The van der Waals surface area contributed by atoms with Crippen molar-refractivity contribution in [3.63, 3.8) is 0 Å². The normalized spacial score (nSPS) is 16.3.